The van der Waals surface area contributed by atoms with Gasteiger partial charge in [0, 0.05) is 25.4 Å². The molecule has 0 unspecified atom stereocenters. The smallest absolute Gasteiger partial charge is 0.258 e. The molecule has 4 rings (SSSR count). The third kappa shape index (κ3) is 6.11. The average molecular weight is 485 g/mol. The molecule has 0 bridgehead atoms. The highest BCUT2D eigenvalue weighted by atomic mass is 32.2. The Kier molecular flexibility index (Phi) is 8.46. The SMILES string of the molecule is CCCSc1nc(N2CCCC2)c2cnn(CCNC(=O)COc3ccc(OCC)cc3)c2n1. The fraction of sp³-hybridized carbons (Fsp3) is 0.500. The molecule has 1 aromatic carbocycles. The monoisotopic (exact) mass is 484 g/mol. The first kappa shape index (κ1) is 24.1. The van der Waals surface area contributed by atoms with Crippen molar-refractivity contribution < 1.29 is 14.3 Å². The minimum atomic E-state index is -0.183. The zero-order valence-electron chi connectivity index (χ0n) is 19.8. The molecule has 0 atom stereocenters. The van der Waals surface area contributed by atoms with Crippen LogP contribution in [0.25, 0.3) is 11.0 Å². The van der Waals surface area contributed by atoms with Crippen molar-refractivity contribution >= 4 is 34.5 Å². The molecule has 10 heteroatoms. The molecule has 182 valence electrons. The lowest BCUT2D eigenvalue weighted by Crippen LogP contribution is -2.31. The maximum atomic E-state index is 12.3. The van der Waals surface area contributed by atoms with E-state index >= 15 is 0 Å². The van der Waals surface area contributed by atoms with E-state index in [0.29, 0.717) is 25.4 Å². The number of thioether (sulfide) groups is 1. The minimum Gasteiger partial charge on any atom is -0.494 e. The second kappa shape index (κ2) is 11.9. The molecule has 0 saturated carbocycles. The van der Waals surface area contributed by atoms with Crippen LogP contribution in [0.1, 0.15) is 33.1 Å². The molecular formula is C24H32N6O3S. The first-order valence-corrected chi connectivity index (χ1v) is 12.9. The number of carbonyl (C=O) groups excluding carboxylic acids is 1. The highest BCUT2D eigenvalue weighted by molar-refractivity contribution is 7.99. The van der Waals surface area contributed by atoms with Crippen molar-refractivity contribution in [3.05, 3.63) is 30.5 Å². The van der Waals surface area contributed by atoms with Crippen LogP contribution in [-0.2, 0) is 11.3 Å². The predicted octanol–water partition coefficient (Wildman–Crippen LogP) is 3.52. The normalized spacial score (nSPS) is 13.4. The Hall–Kier alpha value is -3.01. The number of hydrogen-bond acceptors (Lipinski definition) is 8. The number of nitrogens with one attached hydrogen (secondary N) is 1. The number of ether oxygens (including phenoxy) is 2. The Morgan fingerprint density at radius 1 is 1.09 bits per heavy atom. The van der Waals surface area contributed by atoms with Crippen LogP contribution in [0.5, 0.6) is 11.5 Å². The first-order chi connectivity index (χ1) is 16.7. The number of rotatable bonds is 12. The summed E-state index contributed by atoms with van der Waals surface area (Å²) in [6.45, 7) is 7.63. The lowest BCUT2D eigenvalue weighted by Gasteiger charge is -2.18. The van der Waals surface area contributed by atoms with Gasteiger partial charge in [-0.3, -0.25) is 4.79 Å². The Balaban J connectivity index is 1.35. The number of anilines is 1. The van der Waals surface area contributed by atoms with E-state index in [2.05, 4.69) is 22.2 Å². The van der Waals surface area contributed by atoms with Gasteiger partial charge < -0.3 is 19.7 Å². The van der Waals surface area contributed by atoms with Crippen LogP contribution in [-0.4, -0.2) is 64.3 Å². The van der Waals surface area contributed by atoms with Crippen molar-refractivity contribution in [1.82, 2.24) is 25.1 Å². The molecule has 3 heterocycles. The lowest BCUT2D eigenvalue weighted by atomic mass is 10.3. The molecule has 2 aromatic heterocycles. The molecule has 9 nitrogen and oxygen atoms in total. The molecule has 1 aliphatic rings. The van der Waals surface area contributed by atoms with Gasteiger partial charge in [0.05, 0.1) is 24.7 Å². The topological polar surface area (TPSA) is 94.4 Å². The van der Waals surface area contributed by atoms with Crippen molar-refractivity contribution in [2.24, 2.45) is 0 Å². The van der Waals surface area contributed by atoms with E-state index in [4.69, 9.17) is 19.4 Å². The molecule has 0 spiro atoms. The van der Waals surface area contributed by atoms with E-state index < -0.39 is 0 Å². The van der Waals surface area contributed by atoms with Crippen LogP contribution < -0.4 is 19.7 Å². The van der Waals surface area contributed by atoms with Crippen molar-refractivity contribution in [3.8, 4) is 11.5 Å². The van der Waals surface area contributed by atoms with Crippen molar-refractivity contribution in [1.29, 1.82) is 0 Å². The molecule has 0 aliphatic carbocycles. The van der Waals surface area contributed by atoms with Crippen LogP contribution in [0.15, 0.2) is 35.6 Å². The fourth-order valence-corrected chi connectivity index (χ4v) is 4.50. The number of hydrogen-bond donors (Lipinski definition) is 1. The molecular weight excluding hydrogens is 452 g/mol. The Labute approximate surface area is 204 Å². The third-order valence-electron chi connectivity index (χ3n) is 5.45. The van der Waals surface area contributed by atoms with E-state index in [1.165, 1.54) is 12.8 Å². The van der Waals surface area contributed by atoms with E-state index in [1.54, 1.807) is 23.9 Å². The van der Waals surface area contributed by atoms with Crippen LogP contribution in [0, 0.1) is 0 Å². The Morgan fingerprint density at radius 2 is 1.82 bits per heavy atom. The van der Waals surface area contributed by atoms with E-state index in [9.17, 15) is 4.79 Å². The highest BCUT2D eigenvalue weighted by Gasteiger charge is 2.20. The summed E-state index contributed by atoms with van der Waals surface area (Å²) < 4.78 is 12.8. The maximum Gasteiger partial charge on any atom is 0.258 e. The summed E-state index contributed by atoms with van der Waals surface area (Å²) in [5.74, 6) is 3.17. The van der Waals surface area contributed by atoms with Gasteiger partial charge in [-0.25, -0.2) is 14.6 Å². The van der Waals surface area contributed by atoms with E-state index in [0.717, 1.165) is 53.0 Å². The first-order valence-electron chi connectivity index (χ1n) is 11.9. The van der Waals surface area contributed by atoms with Crippen molar-refractivity contribution in [3.63, 3.8) is 0 Å². The maximum absolute atomic E-state index is 12.3. The summed E-state index contributed by atoms with van der Waals surface area (Å²) in [7, 11) is 0. The van der Waals surface area contributed by atoms with Gasteiger partial charge in [-0.15, -0.1) is 0 Å². The largest absolute Gasteiger partial charge is 0.494 e. The molecule has 1 N–H and O–H groups in total. The molecule has 1 saturated heterocycles. The fourth-order valence-electron chi connectivity index (χ4n) is 3.81. The van der Waals surface area contributed by atoms with Gasteiger partial charge in [0.1, 0.15) is 17.3 Å². The number of amides is 1. The zero-order chi connectivity index (χ0) is 23.8. The van der Waals surface area contributed by atoms with Gasteiger partial charge in [-0.05, 0) is 50.5 Å². The van der Waals surface area contributed by atoms with Gasteiger partial charge in [0.2, 0.25) is 0 Å². The van der Waals surface area contributed by atoms with Crippen molar-refractivity contribution in [2.75, 3.05) is 43.5 Å². The van der Waals surface area contributed by atoms with Crippen LogP contribution >= 0.6 is 11.8 Å². The molecule has 0 radical (unpaired) electrons. The second-order valence-corrected chi connectivity index (χ2v) is 9.08. The summed E-state index contributed by atoms with van der Waals surface area (Å²) >= 11 is 1.67. The van der Waals surface area contributed by atoms with Crippen LogP contribution in [0.4, 0.5) is 5.82 Å². The summed E-state index contributed by atoms with van der Waals surface area (Å²) in [5.41, 5.74) is 0.815. The van der Waals surface area contributed by atoms with Crippen LogP contribution in [0.2, 0.25) is 0 Å². The lowest BCUT2D eigenvalue weighted by molar-refractivity contribution is -0.123. The van der Waals surface area contributed by atoms with E-state index in [1.807, 2.05) is 29.9 Å². The van der Waals surface area contributed by atoms with Gasteiger partial charge >= 0.3 is 0 Å². The molecule has 34 heavy (non-hydrogen) atoms. The summed E-state index contributed by atoms with van der Waals surface area (Å²) in [4.78, 5) is 24.2. The number of nitrogens with zero attached hydrogens (tertiary/aromatic N) is 5. The summed E-state index contributed by atoms with van der Waals surface area (Å²) in [6.07, 6.45) is 5.27. The van der Waals surface area contributed by atoms with E-state index in [-0.39, 0.29) is 12.5 Å². The minimum absolute atomic E-state index is 0.0487. The molecule has 1 aliphatic heterocycles. The highest BCUT2D eigenvalue weighted by Crippen LogP contribution is 2.29. The van der Waals surface area contributed by atoms with Crippen molar-refractivity contribution in [2.45, 2.75) is 44.8 Å². The van der Waals surface area contributed by atoms with Gasteiger partial charge in [-0.1, -0.05) is 18.7 Å². The summed E-state index contributed by atoms with van der Waals surface area (Å²) in [5, 5.41) is 9.19. The number of carbonyl (C=O) groups is 1. The van der Waals surface area contributed by atoms with Gasteiger partial charge in [0.15, 0.2) is 17.4 Å². The third-order valence-corrected chi connectivity index (χ3v) is 6.50. The van der Waals surface area contributed by atoms with Crippen LogP contribution in [0.3, 0.4) is 0 Å². The Bertz CT molecular complexity index is 1080. The van der Waals surface area contributed by atoms with Gasteiger partial charge in [0.25, 0.3) is 5.91 Å². The number of benzene rings is 1. The standard InChI is InChI=1S/C24H32N6O3S/c1-3-15-34-24-27-22(29-12-5-6-13-29)20-16-26-30(23(20)28-24)14-11-25-21(31)17-33-19-9-7-18(8-10-19)32-4-2/h7-10,16H,3-6,11-15,17H2,1-2H3,(H,25,31). The molecule has 1 amide bonds. The predicted molar refractivity (Wildman–Crippen MR) is 134 cm³/mol. The summed E-state index contributed by atoms with van der Waals surface area (Å²) in [6, 6.07) is 7.23. The Morgan fingerprint density at radius 3 is 2.53 bits per heavy atom. The molecule has 1 fully saturated rings. The number of fused-ring (bicyclic) bond motifs is 1. The second-order valence-electron chi connectivity index (χ2n) is 8.02. The van der Waals surface area contributed by atoms with Gasteiger partial charge in [-0.2, -0.15) is 5.10 Å². The number of aromatic nitrogens is 4. The zero-order valence-corrected chi connectivity index (χ0v) is 20.6. The average Bonchev–Trinajstić information content (AvgIpc) is 3.53. The molecule has 3 aromatic rings. The quantitative estimate of drug-likeness (QED) is 0.308.